The van der Waals surface area contributed by atoms with Crippen LogP contribution in [0.25, 0.3) is 0 Å². The van der Waals surface area contributed by atoms with Gasteiger partial charge in [0.1, 0.15) is 0 Å². The van der Waals surface area contributed by atoms with Crippen LogP contribution in [0.3, 0.4) is 0 Å². The third-order valence-electron chi connectivity index (χ3n) is 2.30. The molecule has 0 saturated carbocycles. The van der Waals surface area contributed by atoms with Crippen LogP contribution in [0.2, 0.25) is 0 Å². The van der Waals surface area contributed by atoms with Gasteiger partial charge in [-0.15, -0.1) is 0 Å². The largest absolute Gasteiger partial charge is 0.481 e. The van der Waals surface area contributed by atoms with Gasteiger partial charge in [0.05, 0.1) is 17.6 Å². The van der Waals surface area contributed by atoms with Gasteiger partial charge < -0.3 is 5.11 Å². The molecular formula is C16H18N2O2. The molecule has 0 aliphatic heterocycles. The number of aromatic nitrogens is 1. The van der Waals surface area contributed by atoms with Gasteiger partial charge in [-0.25, -0.2) is 0 Å². The number of nitrogens with zero attached hydrogens (tertiary/aromatic N) is 2. The summed E-state index contributed by atoms with van der Waals surface area (Å²) in [5.74, 6) is -0.745. The Balaban J connectivity index is 0.000000347. The summed E-state index contributed by atoms with van der Waals surface area (Å²) in [6, 6.07) is 5.77. The maximum Gasteiger partial charge on any atom is 0.303 e. The Morgan fingerprint density at radius 1 is 1.45 bits per heavy atom. The molecule has 1 aromatic rings. The van der Waals surface area contributed by atoms with Crippen LogP contribution < -0.4 is 0 Å². The molecular weight excluding hydrogens is 252 g/mol. The number of allylic oxidation sites excluding steroid dienone is 5. The summed E-state index contributed by atoms with van der Waals surface area (Å²) in [6.07, 6.45) is 14.9. The molecule has 0 fully saturated rings. The lowest BCUT2D eigenvalue weighted by Gasteiger charge is -1.91. The summed E-state index contributed by atoms with van der Waals surface area (Å²) < 4.78 is 0. The Kier molecular flexibility index (Phi) is 7.35. The maximum atomic E-state index is 9.37. The molecule has 1 aliphatic rings. The van der Waals surface area contributed by atoms with Gasteiger partial charge in [-0.3, -0.25) is 14.8 Å². The number of hydrogen-bond acceptors (Lipinski definition) is 3. The third-order valence-corrected chi connectivity index (χ3v) is 2.30. The summed E-state index contributed by atoms with van der Waals surface area (Å²) in [4.78, 5) is 17.9. The molecule has 0 radical (unpaired) electrons. The van der Waals surface area contributed by atoms with Crippen molar-refractivity contribution in [3.63, 3.8) is 0 Å². The van der Waals surface area contributed by atoms with Crippen molar-refractivity contribution in [2.75, 3.05) is 0 Å². The first-order valence-electron chi connectivity index (χ1n) is 6.42. The fourth-order valence-electron chi connectivity index (χ4n) is 1.25. The quantitative estimate of drug-likeness (QED) is 0.856. The van der Waals surface area contributed by atoms with Crippen molar-refractivity contribution in [1.29, 1.82) is 0 Å². The van der Waals surface area contributed by atoms with E-state index in [1.165, 1.54) is 0 Å². The molecule has 1 aliphatic carbocycles. The summed E-state index contributed by atoms with van der Waals surface area (Å²) in [6.45, 7) is 1.60. The molecule has 0 aromatic carbocycles. The molecule has 0 amide bonds. The van der Waals surface area contributed by atoms with E-state index >= 15 is 0 Å². The monoisotopic (exact) mass is 270 g/mol. The minimum Gasteiger partial charge on any atom is -0.481 e. The van der Waals surface area contributed by atoms with Crippen LogP contribution in [0.1, 0.15) is 25.5 Å². The lowest BCUT2D eigenvalue weighted by Crippen LogP contribution is -1.86. The van der Waals surface area contributed by atoms with Crippen LogP contribution >= 0.6 is 0 Å². The van der Waals surface area contributed by atoms with Gasteiger partial charge in [0, 0.05) is 12.6 Å². The topological polar surface area (TPSA) is 62.5 Å². The van der Waals surface area contributed by atoms with Crippen molar-refractivity contribution in [3.05, 3.63) is 66.2 Å². The number of pyridine rings is 1. The molecule has 0 atom stereocenters. The van der Waals surface area contributed by atoms with E-state index in [1.54, 1.807) is 19.3 Å². The highest BCUT2D eigenvalue weighted by Gasteiger charge is 1.90. The van der Waals surface area contributed by atoms with E-state index in [0.717, 1.165) is 17.8 Å². The van der Waals surface area contributed by atoms with Crippen molar-refractivity contribution < 1.29 is 9.90 Å². The van der Waals surface area contributed by atoms with Crippen molar-refractivity contribution in [2.45, 2.75) is 19.8 Å². The van der Waals surface area contributed by atoms with Gasteiger partial charge in [-0.1, -0.05) is 31.2 Å². The molecule has 4 heteroatoms. The second kappa shape index (κ2) is 9.44. The highest BCUT2D eigenvalue weighted by molar-refractivity contribution is 5.77. The average molecular weight is 270 g/mol. The zero-order valence-electron chi connectivity index (χ0n) is 11.4. The first-order valence-corrected chi connectivity index (χ1v) is 6.42. The van der Waals surface area contributed by atoms with Crippen LogP contribution in [0.5, 0.6) is 0 Å². The van der Waals surface area contributed by atoms with Crippen LogP contribution in [-0.4, -0.2) is 22.3 Å². The van der Waals surface area contributed by atoms with Crippen LogP contribution in [-0.2, 0) is 4.79 Å². The molecule has 2 rings (SSSR count). The molecule has 1 heterocycles. The summed E-state index contributed by atoms with van der Waals surface area (Å²) >= 11 is 0. The molecule has 1 N–H and O–H groups in total. The van der Waals surface area contributed by atoms with Gasteiger partial charge in [0.25, 0.3) is 0 Å². The second-order valence-electron chi connectivity index (χ2n) is 3.92. The normalized spacial score (nSPS) is 13.3. The van der Waals surface area contributed by atoms with Crippen molar-refractivity contribution >= 4 is 12.2 Å². The Labute approximate surface area is 118 Å². The van der Waals surface area contributed by atoms with E-state index in [0.29, 0.717) is 0 Å². The Morgan fingerprint density at radius 3 is 2.90 bits per heavy atom. The smallest absolute Gasteiger partial charge is 0.303 e. The molecule has 0 unspecified atom stereocenters. The fourth-order valence-corrected chi connectivity index (χ4v) is 1.25. The first-order chi connectivity index (χ1) is 9.72. The van der Waals surface area contributed by atoms with Gasteiger partial charge in [0.15, 0.2) is 0 Å². The van der Waals surface area contributed by atoms with Crippen LogP contribution in [0.4, 0.5) is 0 Å². The minimum absolute atomic E-state index is 0.222. The van der Waals surface area contributed by atoms with Crippen molar-refractivity contribution in [1.82, 2.24) is 4.98 Å². The van der Waals surface area contributed by atoms with Crippen LogP contribution in [0, 0.1) is 0 Å². The minimum atomic E-state index is -0.745. The fraction of sp³-hybridized carbons (Fsp3) is 0.188. The molecule has 20 heavy (non-hydrogen) atoms. The van der Waals surface area contributed by atoms with Gasteiger partial charge in [0.2, 0.25) is 0 Å². The number of aliphatic carboxylic acids is 1. The van der Waals surface area contributed by atoms with Crippen molar-refractivity contribution in [2.24, 2.45) is 4.99 Å². The van der Waals surface area contributed by atoms with E-state index in [2.05, 4.69) is 22.1 Å². The Morgan fingerprint density at radius 2 is 2.25 bits per heavy atom. The van der Waals surface area contributed by atoms with Gasteiger partial charge in [-0.2, -0.15) is 0 Å². The highest BCUT2D eigenvalue weighted by Crippen LogP contribution is 2.05. The zero-order chi connectivity index (χ0) is 14.6. The van der Waals surface area contributed by atoms with E-state index in [4.69, 9.17) is 5.11 Å². The summed E-state index contributed by atoms with van der Waals surface area (Å²) in [7, 11) is 0. The number of carbonyl (C=O) groups is 1. The molecule has 0 bridgehead atoms. The average Bonchev–Trinajstić information content (AvgIpc) is 2.75. The lowest BCUT2D eigenvalue weighted by atomic mass is 10.3. The second-order valence-corrected chi connectivity index (χ2v) is 3.92. The van der Waals surface area contributed by atoms with Gasteiger partial charge in [-0.05, 0) is 30.7 Å². The number of rotatable bonds is 3. The maximum absolute atomic E-state index is 9.37. The summed E-state index contributed by atoms with van der Waals surface area (Å²) in [5.41, 5.74) is 1.83. The Bertz CT molecular complexity index is 529. The molecule has 104 valence electrons. The highest BCUT2D eigenvalue weighted by atomic mass is 16.4. The number of aliphatic imine (C=N–C) groups is 1. The van der Waals surface area contributed by atoms with E-state index in [1.807, 2.05) is 36.4 Å². The van der Waals surface area contributed by atoms with E-state index in [-0.39, 0.29) is 6.42 Å². The zero-order valence-corrected chi connectivity index (χ0v) is 11.4. The van der Waals surface area contributed by atoms with Gasteiger partial charge >= 0.3 is 5.97 Å². The Hall–Kier alpha value is -2.49. The van der Waals surface area contributed by atoms with Crippen LogP contribution in [0.15, 0.2) is 65.5 Å². The molecule has 0 saturated heterocycles. The predicted octanol–water partition coefficient (Wildman–Crippen LogP) is 3.38. The lowest BCUT2D eigenvalue weighted by molar-refractivity contribution is -0.136. The first kappa shape index (κ1) is 15.6. The SMILES string of the molecule is C1=CCC=CC(N=Cc2ccccn2)=C1.CCC(=O)O. The standard InChI is InChI=1S/C13H12N2.C3H6O2/c1-2-4-8-12(7-3-1)15-11-13-9-5-6-10-14-13;1-2-3(4)5/h1,3-11H,2H2;2H2,1H3,(H,4,5). The van der Waals surface area contributed by atoms with E-state index in [9.17, 15) is 4.79 Å². The summed E-state index contributed by atoms with van der Waals surface area (Å²) in [5, 5.41) is 7.72. The van der Waals surface area contributed by atoms with E-state index < -0.39 is 5.97 Å². The predicted molar refractivity (Wildman–Crippen MR) is 80.7 cm³/mol. The molecule has 0 spiro atoms. The number of carboxylic acid groups (broad SMARTS) is 1. The van der Waals surface area contributed by atoms with Crippen molar-refractivity contribution in [3.8, 4) is 0 Å². The molecule has 1 aromatic heterocycles. The number of hydrogen-bond donors (Lipinski definition) is 1. The third kappa shape index (κ3) is 7.06. The molecule has 4 nitrogen and oxygen atoms in total. The number of carboxylic acids is 1.